The van der Waals surface area contributed by atoms with E-state index in [9.17, 15) is 9.18 Å². The zero-order valence-electron chi connectivity index (χ0n) is 10.3. The van der Waals surface area contributed by atoms with Crippen LogP contribution in [0.4, 0.5) is 4.39 Å². The van der Waals surface area contributed by atoms with Gasteiger partial charge in [-0.15, -0.1) is 0 Å². The maximum absolute atomic E-state index is 13.4. The second kappa shape index (κ2) is 4.59. The monoisotopic (exact) mass is 326 g/mol. The van der Waals surface area contributed by atoms with Gasteiger partial charge in [0.1, 0.15) is 5.82 Å². The van der Waals surface area contributed by atoms with Crippen molar-refractivity contribution in [2.75, 3.05) is 7.11 Å². The Morgan fingerprint density at radius 2 is 2.26 bits per heavy atom. The Kier molecular flexibility index (Phi) is 3.05. The van der Waals surface area contributed by atoms with Crippen molar-refractivity contribution in [3.05, 3.63) is 28.6 Å². The van der Waals surface area contributed by atoms with Crippen LogP contribution >= 0.6 is 15.9 Å². The van der Waals surface area contributed by atoms with Crippen molar-refractivity contribution >= 4 is 32.8 Å². The molecule has 1 aromatic carbocycles. The number of hydrogen-bond acceptors (Lipinski definition) is 3. The minimum absolute atomic E-state index is 0.0363. The molecule has 4 nitrogen and oxygen atoms in total. The Morgan fingerprint density at radius 3 is 2.95 bits per heavy atom. The minimum atomic E-state index is -0.321. The Bertz CT molecular complexity index is 610. The minimum Gasteiger partial charge on any atom is -0.469 e. The third kappa shape index (κ3) is 2.14. The molecule has 1 fully saturated rings. The summed E-state index contributed by atoms with van der Waals surface area (Å²) in [5, 5.41) is 5.24. The molecular weight excluding hydrogens is 315 g/mol. The van der Waals surface area contributed by atoms with Crippen LogP contribution in [0.25, 0.3) is 10.9 Å². The van der Waals surface area contributed by atoms with Gasteiger partial charge in [0.15, 0.2) is 0 Å². The highest BCUT2D eigenvalue weighted by Gasteiger charge is 2.36. The molecule has 0 saturated heterocycles. The second-order valence-electron chi connectivity index (χ2n) is 4.78. The summed E-state index contributed by atoms with van der Waals surface area (Å²) in [6.07, 6.45) is 3.34. The van der Waals surface area contributed by atoms with E-state index in [0.717, 1.165) is 18.2 Å². The molecule has 3 rings (SSSR count). The average Bonchev–Trinajstić information content (AvgIpc) is 2.70. The van der Waals surface area contributed by atoms with Crippen molar-refractivity contribution in [3.63, 3.8) is 0 Å². The van der Waals surface area contributed by atoms with Crippen LogP contribution < -0.4 is 0 Å². The summed E-state index contributed by atoms with van der Waals surface area (Å²) < 4.78 is 20.4. The number of hydrogen-bond donors (Lipinski definition) is 0. The first-order chi connectivity index (χ1) is 9.08. The molecule has 0 radical (unpaired) electrons. The number of halogens is 2. The van der Waals surface area contributed by atoms with Gasteiger partial charge in [0.05, 0.1) is 29.1 Å². The predicted molar refractivity (Wildman–Crippen MR) is 71.2 cm³/mol. The van der Waals surface area contributed by atoms with Gasteiger partial charge in [-0.2, -0.15) is 5.10 Å². The molecule has 1 aliphatic rings. The summed E-state index contributed by atoms with van der Waals surface area (Å²) in [5.41, 5.74) is 0.627. The van der Waals surface area contributed by atoms with Crippen LogP contribution in [0.15, 0.2) is 22.8 Å². The molecule has 0 atom stereocenters. The number of methoxy groups -OCH3 is 1. The van der Waals surface area contributed by atoms with Crippen molar-refractivity contribution in [3.8, 4) is 0 Å². The average molecular weight is 327 g/mol. The van der Waals surface area contributed by atoms with E-state index in [-0.39, 0.29) is 23.7 Å². The molecule has 100 valence electrons. The highest BCUT2D eigenvalue weighted by Crippen LogP contribution is 2.38. The molecule has 0 N–H and O–H groups in total. The first kappa shape index (κ1) is 12.6. The SMILES string of the molecule is COC(=O)[C@H]1C[C@H](n2cc3cc(Br)c(F)cc3n2)C1. The molecular formula is C13H12BrFN2O2. The molecule has 1 saturated carbocycles. The van der Waals surface area contributed by atoms with E-state index in [1.807, 2.05) is 10.9 Å². The summed E-state index contributed by atoms with van der Waals surface area (Å²) >= 11 is 3.16. The standard InChI is InChI=1S/C13H12BrFN2O2/c1-19-13(18)7-2-9(3-7)17-6-8-4-10(14)11(15)5-12(8)16-17/h4-7,9H,2-3H2,1H3/t7-,9-. The lowest BCUT2D eigenvalue weighted by atomic mass is 9.80. The quantitative estimate of drug-likeness (QED) is 0.797. The molecule has 0 amide bonds. The van der Waals surface area contributed by atoms with Crippen molar-refractivity contribution in [2.24, 2.45) is 5.92 Å². The number of carbonyl (C=O) groups is 1. The number of rotatable bonds is 2. The van der Waals surface area contributed by atoms with Gasteiger partial charge in [-0.05, 0) is 34.8 Å². The van der Waals surface area contributed by atoms with Crippen LogP contribution in [-0.2, 0) is 9.53 Å². The highest BCUT2D eigenvalue weighted by atomic mass is 79.9. The number of nitrogens with zero attached hydrogens (tertiary/aromatic N) is 2. The zero-order valence-corrected chi connectivity index (χ0v) is 11.9. The van der Waals surface area contributed by atoms with Crippen molar-refractivity contribution in [1.82, 2.24) is 9.78 Å². The fourth-order valence-corrected chi connectivity index (χ4v) is 2.75. The Morgan fingerprint density at radius 1 is 1.53 bits per heavy atom. The lowest BCUT2D eigenvalue weighted by molar-refractivity contribution is -0.149. The number of aromatic nitrogens is 2. The fraction of sp³-hybridized carbons (Fsp3) is 0.385. The first-order valence-electron chi connectivity index (χ1n) is 6.00. The number of carbonyl (C=O) groups excluding carboxylic acids is 1. The molecule has 1 aliphatic carbocycles. The van der Waals surface area contributed by atoms with Gasteiger partial charge in [-0.1, -0.05) is 0 Å². The van der Waals surface area contributed by atoms with E-state index in [4.69, 9.17) is 4.74 Å². The third-order valence-corrected chi connectivity index (χ3v) is 4.19. The molecule has 2 aromatic rings. The summed E-state index contributed by atoms with van der Waals surface area (Å²) in [7, 11) is 1.40. The van der Waals surface area contributed by atoms with Gasteiger partial charge in [-0.25, -0.2) is 4.39 Å². The van der Waals surface area contributed by atoms with E-state index in [2.05, 4.69) is 21.0 Å². The van der Waals surface area contributed by atoms with Crippen LogP contribution in [0.5, 0.6) is 0 Å². The Balaban J connectivity index is 1.82. The van der Waals surface area contributed by atoms with Crippen LogP contribution in [0.3, 0.4) is 0 Å². The van der Waals surface area contributed by atoms with Gasteiger partial charge >= 0.3 is 5.97 Å². The lowest BCUT2D eigenvalue weighted by Crippen LogP contribution is -2.33. The van der Waals surface area contributed by atoms with Crippen LogP contribution in [0.1, 0.15) is 18.9 Å². The number of ether oxygens (including phenoxy) is 1. The molecule has 0 unspecified atom stereocenters. The van der Waals surface area contributed by atoms with E-state index in [1.54, 1.807) is 6.07 Å². The Hall–Kier alpha value is -1.43. The molecule has 19 heavy (non-hydrogen) atoms. The van der Waals surface area contributed by atoms with Crippen LogP contribution in [0, 0.1) is 11.7 Å². The molecule has 6 heteroatoms. The topological polar surface area (TPSA) is 44.1 Å². The highest BCUT2D eigenvalue weighted by molar-refractivity contribution is 9.10. The smallest absolute Gasteiger partial charge is 0.308 e. The molecule has 1 aromatic heterocycles. The van der Waals surface area contributed by atoms with Gasteiger partial charge in [0.2, 0.25) is 0 Å². The van der Waals surface area contributed by atoms with Gasteiger partial charge in [0, 0.05) is 17.6 Å². The largest absolute Gasteiger partial charge is 0.469 e. The summed E-state index contributed by atoms with van der Waals surface area (Å²) in [6, 6.07) is 3.31. The lowest BCUT2D eigenvalue weighted by Gasteiger charge is -2.33. The number of benzene rings is 1. The van der Waals surface area contributed by atoms with Crippen molar-refractivity contribution in [2.45, 2.75) is 18.9 Å². The molecule has 0 aliphatic heterocycles. The first-order valence-corrected chi connectivity index (χ1v) is 6.79. The second-order valence-corrected chi connectivity index (χ2v) is 5.63. The Labute approximate surface area is 117 Å². The third-order valence-electron chi connectivity index (χ3n) is 3.59. The number of fused-ring (bicyclic) bond motifs is 1. The van der Waals surface area contributed by atoms with Gasteiger partial charge in [-0.3, -0.25) is 9.48 Å². The van der Waals surface area contributed by atoms with Crippen LogP contribution in [0.2, 0.25) is 0 Å². The number of esters is 1. The van der Waals surface area contributed by atoms with E-state index < -0.39 is 0 Å². The van der Waals surface area contributed by atoms with Gasteiger partial charge in [0.25, 0.3) is 0 Å². The zero-order chi connectivity index (χ0) is 13.6. The predicted octanol–water partition coefficient (Wildman–Crippen LogP) is 3.06. The van der Waals surface area contributed by atoms with Gasteiger partial charge < -0.3 is 4.74 Å². The summed E-state index contributed by atoms with van der Waals surface area (Å²) in [5.74, 6) is -0.522. The maximum atomic E-state index is 13.4. The fourth-order valence-electron chi connectivity index (χ4n) is 2.39. The molecule has 0 bridgehead atoms. The normalized spacial score (nSPS) is 22.3. The summed E-state index contributed by atoms with van der Waals surface area (Å²) in [4.78, 5) is 11.3. The van der Waals surface area contributed by atoms with E-state index >= 15 is 0 Å². The molecule has 1 heterocycles. The molecule has 0 spiro atoms. The summed E-state index contributed by atoms with van der Waals surface area (Å²) in [6.45, 7) is 0. The van der Waals surface area contributed by atoms with E-state index in [1.165, 1.54) is 13.2 Å². The van der Waals surface area contributed by atoms with Crippen molar-refractivity contribution < 1.29 is 13.9 Å². The van der Waals surface area contributed by atoms with E-state index in [0.29, 0.717) is 9.99 Å². The van der Waals surface area contributed by atoms with Crippen molar-refractivity contribution in [1.29, 1.82) is 0 Å². The van der Waals surface area contributed by atoms with Crippen LogP contribution in [-0.4, -0.2) is 22.9 Å². The maximum Gasteiger partial charge on any atom is 0.308 e.